The van der Waals surface area contributed by atoms with Gasteiger partial charge in [0, 0.05) is 13.6 Å². The second kappa shape index (κ2) is 5.70. The molecule has 0 saturated heterocycles. The predicted molar refractivity (Wildman–Crippen MR) is 57.2 cm³/mol. The van der Waals surface area contributed by atoms with E-state index >= 15 is 0 Å². The minimum absolute atomic E-state index is 0.0250. The van der Waals surface area contributed by atoms with E-state index in [2.05, 4.69) is 5.32 Å². The molecule has 2 N–H and O–H groups in total. The van der Waals surface area contributed by atoms with Crippen LogP contribution in [0.1, 0.15) is 27.2 Å². The maximum absolute atomic E-state index is 11.5. The molecule has 0 atom stereocenters. The van der Waals surface area contributed by atoms with Gasteiger partial charge in [-0.2, -0.15) is 0 Å². The summed E-state index contributed by atoms with van der Waals surface area (Å²) >= 11 is 0. The molecule has 5 nitrogen and oxygen atoms in total. The molecule has 0 aromatic carbocycles. The normalized spacial score (nSPS) is 11.0. The number of carbonyl (C=O) groups excluding carboxylic acids is 2. The van der Waals surface area contributed by atoms with Gasteiger partial charge in [-0.3, -0.25) is 9.59 Å². The lowest BCUT2D eigenvalue weighted by Gasteiger charge is -2.24. The van der Waals surface area contributed by atoms with Crippen molar-refractivity contribution in [3.05, 3.63) is 0 Å². The Morgan fingerprint density at radius 3 is 2.33 bits per heavy atom. The number of carbonyl (C=O) groups is 2. The van der Waals surface area contributed by atoms with Gasteiger partial charge in [0.15, 0.2) is 0 Å². The summed E-state index contributed by atoms with van der Waals surface area (Å²) in [4.78, 5) is 23.9. The fourth-order valence-electron chi connectivity index (χ4n) is 1.07. The summed E-state index contributed by atoms with van der Waals surface area (Å²) in [5.41, 5.74) is -1.43. The van der Waals surface area contributed by atoms with E-state index in [-0.39, 0.29) is 12.5 Å². The molecule has 0 unspecified atom stereocenters. The predicted octanol–water partition coefficient (Wildman–Crippen LogP) is -0.258. The Bertz CT molecular complexity index is 233. The molecular weight excluding hydrogens is 196 g/mol. The minimum Gasteiger partial charge on any atom is -0.381 e. The van der Waals surface area contributed by atoms with Crippen LogP contribution in [0, 0.1) is 0 Å². The average molecular weight is 216 g/mol. The summed E-state index contributed by atoms with van der Waals surface area (Å²) in [6.07, 6.45) is 0.856. The van der Waals surface area contributed by atoms with Gasteiger partial charge in [-0.25, -0.2) is 0 Å². The maximum atomic E-state index is 11.5. The largest absolute Gasteiger partial charge is 0.381 e. The standard InChI is InChI=1S/C10H20N2O3/c1-5-6-11-8(13)7-12(4)9(14)10(2,3)15/h15H,5-7H2,1-4H3,(H,11,13). The molecule has 15 heavy (non-hydrogen) atoms. The smallest absolute Gasteiger partial charge is 0.254 e. The van der Waals surface area contributed by atoms with E-state index in [9.17, 15) is 14.7 Å². The van der Waals surface area contributed by atoms with Crippen molar-refractivity contribution in [2.24, 2.45) is 0 Å². The fraction of sp³-hybridized carbons (Fsp3) is 0.800. The van der Waals surface area contributed by atoms with Crippen molar-refractivity contribution in [3.8, 4) is 0 Å². The van der Waals surface area contributed by atoms with Crippen LogP contribution in [0.4, 0.5) is 0 Å². The van der Waals surface area contributed by atoms with E-state index in [0.717, 1.165) is 6.42 Å². The molecule has 0 rings (SSSR count). The van der Waals surface area contributed by atoms with Crippen molar-refractivity contribution < 1.29 is 14.7 Å². The molecule has 0 aliphatic heterocycles. The number of hydrogen-bond donors (Lipinski definition) is 2. The number of likely N-dealkylation sites (N-methyl/N-ethyl adjacent to an activating group) is 1. The van der Waals surface area contributed by atoms with Gasteiger partial charge in [-0.05, 0) is 20.3 Å². The summed E-state index contributed by atoms with van der Waals surface area (Å²) in [5, 5.41) is 12.1. The molecule has 0 aromatic rings. The summed E-state index contributed by atoms with van der Waals surface area (Å²) in [6.45, 7) is 5.32. The molecule has 88 valence electrons. The van der Waals surface area contributed by atoms with Gasteiger partial charge in [-0.1, -0.05) is 6.92 Å². The van der Waals surface area contributed by atoms with E-state index < -0.39 is 11.5 Å². The highest BCUT2D eigenvalue weighted by molar-refractivity contribution is 5.88. The highest BCUT2D eigenvalue weighted by Gasteiger charge is 2.27. The SMILES string of the molecule is CCCNC(=O)CN(C)C(=O)C(C)(C)O. The van der Waals surface area contributed by atoms with E-state index in [1.165, 1.54) is 25.8 Å². The Morgan fingerprint density at radius 1 is 1.40 bits per heavy atom. The van der Waals surface area contributed by atoms with Crippen molar-refractivity contribution in [2.45, 2.75) is 32.8 Å². The first-order valence-electron chi connectivity index (χ1n) is 5.03. The van der Waals surface area contributed by atoms with Crippen LogP contribution in [0.5, 0.6) is 0 Å². The molecule has 0 radical (unpaired) electrons. The first kappa shape index (κ1) is 13.9. The van der Waals surface area contributed by atoms with Crippen LogP contribution in [-0.4, -0.2) is 47.6 Å². The van der Waals surface area contributed by atoms with Crippen molar-refractivity contribution >= 4 is 11.8 Å². The zero-order chi connectivity index (χ0) is 12.1. The molecule has 0 saturated carbocycles. The monoisotopic (exact) mass is 216 g/mol. The van der Waals surface area contributed by atoms with E-state index in [0.29, 0.717) is 6.54 Å². The first-order chi connectivity index (χ1) is 6.79. The lowest BCUT2D eigenvalue weighted by Crippen LogP contribution is -2.47. The Labute approximate surface area is 90.5 Å². The first-order valence-corrected chi connectivity index (χ1v) is 5.03. The van der Waals surface area contributed by atoms with Crippen molar-refractivity contribution in [2.75, 3.05) is 20.1 Å². The maximum Gasteiger partial charge on any atom is 0.254 e. The van der Waals surface area contributed by atoms with Gasteiger partial charge < -0.3 is 15.3 Å². The lowest BCUT2D eigenvalue weighted by atomic mass is 10.1. The molecule has 5 heteroatoms. The molecule has 0 bridgehead atoms. The fourth-order valence-corrected chi connectivity index (χ4v) is 1.07. The molecule has 0 heterocycles. The summed E-state index contributed by atoms with van der Waals surface area (Å²) in [6, 6.07) is 0. The average Bonchev–Trinajstić information content (AvgIpc) is 2.11. The van der Waals surface area contributed by atoms with Gasteiger partial charge in [0.2, 0.25) is 5.91 Å². The van der Waals surface area contributed by atoms with Crippen molar-refractivity contribution in [3.63, 3.8) is 0 Å². The highest BCUT2D eigenvalue weighted by atomic mass is 16.3. The second-order valence-electron chi connectivity index (χ2n) is 4.07. The number of nitrogens with zero attached hydrogens (tertiary/aromatic N) is 1. The van der Waals surface area contributed by atoms with E-state index in [4.69, 9.17) is 0 Å². The van der Waals surface area contributed by atoms with Crippen LogP contribution in [-0.2, 0) is 9.59 Å². The van der Waals surface area contributed by atoms with E-state index in [1.54, 1.807) is 0 Å². The Hall–Kier alpha value is -1.10. The number of amides is 2. The zero-order valence-corrected chi connectivity index (χ0v) is 9.83. The third kappa shape index (κ3) is 5.37. The quantitative estimate of drug-likeness (QED) is 0.665. The van der Waals surface area contributed by atoms with Gasteiger partial charge in [0.1, 0.15) is 5.60 Å². The molecule has 0 aliphatic carbocycles. The minimum atomic E-state index is -1.43. The number of nitrogens with one attached hydrogen (secondary N) is 1. The van der Waals surface area contributed by atoms with Gasteiger partial charge >= 0.3 is 0 Å². The third-order valence-electron chi connectivity index (χ3n) is 1.82. The molecule has 2 amide bonds. The van der Waals surface area contributed by atoms with Crippen molar-refractivity contribution in [1.29, 1.82) is 0 Å². The van der Waals surface area contributed by atoms with Gasteiger partial charge in [-0.15, -0.1) is 0 Å². The highest BCUT2D eigenvalue weighted by Crippen LogP contribution is 2.05. The topological polar surface area (TPSA) is 69.6 Å². The Kier molecular flexibility index (Phi) is 5.28. The summed E-state index contributed by atoms with van der Waals surface area (Å²) in [7, 11) is 1.49. The number of rotatable bonds is 5. The molecular formula is C10H20N2O3. The van der Waals surface area contributed by atoms with Gasteiger partial charge in [0.05, 0.1) is 6.54 Å². The van der Waals surface area contributed by atoms with Crippen LogP contribution in [0.3, 0.4) is 0 Å². The summed E-state index contributed by atoms with van der Waals surface area (Å²) < 4.78 is 0. The van der Waals surface area contributed by atoms with Crippen LogP contribution < -0.4 is 5.32 Å². The molecule has 0 fully saturated rings. The Morgan fingerprint density at radius 2 is 1.93 bits per heavy atom. The summed E-state index contributed by atoms with van der Waals surface area (Å²) in [5.74, 6) is -0.675. The molecule has 0 spiro atoms. The number of aliphatic hydroxyl groups is 1. The van der Waals surface area contributed by atoms with Gasteiger partial charge in [0.25, 0.3) is 5.91 Å². The zero-order valence-electron chi connectivity index (χ0n) is 9.83. The van der Waals surface area contributed by atoms with Crippen molar-refractivity contribution in [1.82, 2.24) is 10.2 Å². The van der Waals surface area contributed by atoms with Crippen LogP contribution in [0.25, 0.3) is 0 Å². The van der Waals surface area contributed by atoms with Crippen LogP contribution >= 0.6 is 0 Å². The molecule has 0 aromatic heterocycles. The van der Waals surface area contributed by atoms with Crippen LogP contribution in [0.15, 0.2) is 0 Å². The second-order valence-corrected chi connectivity index (χ2v) is 4.07. The number of hydrogen-bond acceptors (Lipinski definition) is 3. The van der Waals surface area contributed by atoms with Crippen LogP contribution in [0.2, 0.25) is 0 Å². The Balaban J connectivity index is 4.08. The third-order valence-corrected chi connectivity index (χ3v) is 1.82. The lowest BCUT2D eigenvalue weighted by molar-refractivity contribution is -0.148. The molecule has 0 aliphatic rings. The van der Waals surface area contributed by atoms with E-state index in [1.807, 2.05) is 6.92 Å².